The molecule has 1 unspecified atom stereocenters. The van der Waals surface area contributed by atoms with Gasteiger partial charge in [-0.1, -0.05) is 13.3 Å². The Kier molecular flexibility index (Phi) is 9.92. The zero-order valence-corrected chi connectivity index (χ0v) is 21.4. The summed E-state index contributed by atoms with van der Waals surface area (Å²) in [7, 11) is -4.07. The zero-order valence-electron chi connectivity index (χ0n) is 20.6. The molecule has 2 aromatic carbocycles. The van der Waals surface area contributed by atoms with Crippen LogP contribution >= 0.6 is 0 Å². The number of sulfonamides is 1. The quantitative estimate of drug-likeness (QED) is 0.438. The lowest BCUT2D eigenvalue weighted by Crippen LogP contribution is -2.43. The number of piperidine rings is 1. The van der Waals surface area contributed by atoms with Crippen LogP contribution in [0.5, 0.6) is 5.75 Å². The number of carbonyl (C=O) groups is 1. The minimum absolute atomic E-state index is 0.0220. The summed E-state index contributed by atoms with van der Waals surface area (Å²) in [6, 6.07) is 11.7. The van der Waals surface area contributed by atoms with Crippen molar-refractivity contribution >= 4 is 21.6 Å². The van der Waals surface area contributed by atoms with Crippen LogP contribution in [-0.2, 0) is 14.8 Å². The first-order chi connectivity index (χ1) is 16.8. The van der Waals surface area contributed by atoms with E-state index in [-0.39, 0.29) is 10.6 Å². The summed E-state index contributed by atoms with van der Waals surface area (Å²) in [5.74, 6) is -0.342. The number of benzene rings is 2. The van der Waals surface area contributed by atoms with Gasteiger partial charge in [0.2, 0.25) is 5.91 Å². The van der Waals surface area contributed by atoms with Gasteiger partial charge in [-0.15, -0.1) is 0 Å². The van der Waals surface area contributed by atoms with Gasteiger partial charge in [-0.2, -0.15) is 0 Å². The van der Waals surface area contributed by atoms with Crippen molar-refractivity contribution in [3.63, 3.8) is 0 Å². The van der Waals surface area contributed by atoms with Gasteiger partial charge in [-0.25, -0.2) is 12.8 Å². The van der Waals surface area contributed by atoms with Crippen molar-refractivity contribution in [3.8, 4) is 5.75 Å². The third kappa shape index (κ3) is 7.41. The van der Waals surface area contributed by atoms with Crippen molar-refractivity contribution in [3.05, 3.63) is 54.3 Å². The summed E-state index contributed by atoms with van der Waals surface area (Å²) in [6.07, 6.45) is 5.62. The Morgan fingerprint density at radius 2 is 1.83 bits per heavy atom. The minimum Gasteiger partial charge on any atom is -0.494 e. The second-order valence-corrected chi connectivity index (χ2v) is 10.6. The predicted molar refractivity (Wildman–Crippen MR) is 136 cm³/mol. The molecular weight excluding hydrogens is 469 g/mol. The van der Waals surface area contributed by atoms with Crippen LogP contribution < -0.4 is 14.4 Å². The third-order valence-electron chi connectivity index (χ3n) is 6.29. The number of nitrogens with one attached hydrogen (secondary N) is 1. The molecule has 0 spiro atoms. The Balaban J connectivity index is 1.66. The fourth-order valence-corrected chi connectivity index (χ4v) is 5.86. The van der Waals surface area contributed by atoms with Crippen LogP contribution in [-0.4, -0.2) is 58.1 Å². The average molecular weight is 506 g/mol. The number of nitrogens with zero attached hydrogens (tertiary/aromatic N) is 2. The molecule has 1 fully saturated rings. The number of halogens is 1. The Bertz CT molecular complexity index is 1050. The van der Waals surface area contributed by atoms with Gasteiger partial charge in [0, 0.05) is 19.1 Å². The van der Waals surface area contributed by atoms with Crippen molar-refractivity contribution in [2.75, 3.05) is 37.1 Å². The summed E-state index contributed by atoms with van der Waals surface area (Å²) < 4.78 is 46.8. The van der Waals surface area contributed by atoms with Crippen LogP contribution in [0.3, 0.4) is 0 Å². The van der Waals surface area contributed by atoms with Crippen molar-refractivity contribution in [1.29, 1.82) is 0 Å². The summed E-state index contributed by atoms with van der Waals surface area (Å²) in [6.45, 7) is 6.57. The first-order valence-electron chi connectivity index (χ1n) is 12.4. The molecule has 9 heteroatoms. The molecule has 3 rings (SSSR count). The molecule has 1 aliphatic rings. The SMILES string of the molecule is CCOc1ccc(S(=O)(=O)N(CC(=O)NCCCN2CCCCC2CC)c2ccc(F)cc2)cc1. The molecule has 0 aromatic heterocycles. The van der Waals surface area contributed by atoms with Gasteiger partial charge in [0.05, 0.1) is 17.2 Å². The van der Waals surface area contributed by atoms with E-state index in [0.717, 1.165) is 30.2 Å². The Morgan fingerprint density at radius 3 is 2.49 bits per heavy atom. The van der Waals surface area contributed by atoms with E-state index in [1.165, 1.54) is 55.7 Å². The normalized spacial score (nSPS) is 16.6. The number of hydrogen-bond acceptors (Lipinski definition) is 5. The maximum absolute atomic E-state index is 13.5. The zero-order chi connectivity index (χ0) is 25.3. The van der Waals surface area contributed by atoms with E-state index in [2.05, 4.69) is 17.1 Å². The lowest BCUT2D eigenvalue weighted by Gasteiger charge is -2.35. The molecule has 1 N–H and O–H groups in total. The lowest BCUT2D eigenvalue weighted by atomic mass is 10.00. The highest BCUT2D eigenvalue weighted by Crippen LogP contribution is 2.25. The highest BCUT2D eigenvalue weighted by atomic mass is 32.2. The number of likely N-dealkylation sites (tertiary alicyclic amines) is 1. The van der Waals surface area contributed by atoms with Gasteiger partial charge in [0.15, 0.2) is 0 Å². The largest absolute Gasteiger partial charge is 0.494 e. The highest BCUT2D eigenvalue weighted by Gasteiger charge is 2.27. The van der Waals surface area contributed by atoms with Crippen molar-refractivity contribution in [2.24, 2.45) is 0 Å². The molecular formula is C26H36FN3O4S. The van der Waals surface area contributed by atoms with Crippen molar-refractivity contribution < 1.29 is 22.3 Å². The van der Waals surface area contributed by atoms with Crippen LogP contribution in [0.2, 0.25) is 0 Å². The average Bonchev–Trinajstić information content (AvgIpc) is 2.86. The third-order valence-corrected chi connectivity index (χ3v) is 8.08. The van der Waals surface area contributed by atoms with E-state index in [4.69, 9.17) is 4.74 Å². The van der Waals surface area contributed by atoms with Gasteiger partial charge < -0.3 is 15.0 Å². The number of hydrogen-bond donors (Lipinski definition) is 1. The molecule has 1 atom stereocenters. The summed E-state index contributed by atoms with van der Waals surface area (Å²) in [5, 5.41) is 2.85. The van der Waals surface area contributed by atoms with Gasteiger partial charge in [0.1, 0.15) is 18.1 Å². The number of carbonyl (C=O) groups excluding carboxylic acids is 1. The Morgan fingerprint density at radius 1 is 1.11 bits per heavy atom. The molecule has 1 heterocycles. The van der Waals surface area contributed by atoms with E-state index in [1.807, 2.05) is 6.92 Å². The molecule has 0 saturated carbocycles. The smallest absolute Gasteiger partial charge is 0.264 e. The molecule has 1 saturated heterocycles. The first kappa shape index (κ1) is 26.9. The molecule has 0 bridgehead atoms. The van der Waals surface area contributed by atoms with Crippen LogP contribution in [0.15, 0.2) is 53.4 Å². The molecule has 1 amide bonds. The van der Waals surface area contributed by atoms with E-state index in [0.29, 0.717) is 24.9 Å². The maximum Gasteiger partial charge on any atom is 0.264 e. The Labute approximate surface area is 208 Å². The van der Waals surface area contributed by atoms with E-state index in [1.54, 1.807) is 12.1 Å². The molecule has 2 aromatic rings. The van der Waals surface area contributed by atoms with Gasteiger partial charge in [-0.3, -0.25) is 9.10 Å². The number of rotatable bonds is 12. The molecule has 35 heavy (non-hydrogen) atoms. The number of anilines is 1. The number of ether oxygens (including phenoxy) is 1. The molecule has 7 nitrogen and oxygen atoms in total. The van der Waals surface area contributed by atoms with Crippen LogP contribution in [0.25, 0.3) is 0 Å². The molecule has 0 aliphatic carbocycles. The fourth-order valence-electron chi connectivity index (χ4n) is 4.44. The lowest BCUT2D eigenvalue weighted by molar-refractivity contribution is -0.119. The van der Waals surface area contributed by atoms with Gasteiger partial charge in [0.25, 0.3) is 10.0 Å². The van der Waals surface area contributed by atoms with Crippen molar-refractivity contribution in [2.45, 2.75) is 56.9 Å². The van der Waals surface area contributed by atoms with Crippen LogP contribution in [0.4, 0.5) is 10.1 Å². The summed E-state index contributed by atoms with van der Waals surface area (Å²) >= 11 is 0. The molecule has 0 radical (unpaired) electrons. The number of amides is 1. The van der Waals surface area contributed by atoms with Gasteiger partial charge >= 0.3 is 0 Å². The molecule has 1 aliphatic heterocycles. The fraction of sp³-hybridized carbons (Fsp3) is 0.500. The van der Waals surface area contributed by atoms with E-state index < -0.39 is 28.3 Å². The second kappa shape index (κ2) is 12.9. The molecule has 192 valence electrons. The van der Waals surface area contributed by atoms with Gasteiger partial charge in [-0.05, 0) is 87.7 Å². The standard InChI is InChI=1S/C26H36FN3O4S/c1-3-22-8-5-6-18-29(22)19-7-17-28-26(31)20-30(23-11-9-21(27)10-12-23)35(32,33)25-15-13-24(14-16-25)34-4-2/h9-16,22H,3-8,17-20H2,1-2H3,(H,28,31). The summed E-state index contributed by atoms with van der Waals surface area (Å²) in [4.78, 5) is 15.3. The second-order valence-electron chi connectivity index (χ2n) is 8.69. The minimum atomic E-state index is -4.07. The van der Waals surface area contributed by atoms with E-state index in [9.17, 15) is 17.6 Å². The predicted octanol–water partition coefficient (Wildman–Crippen LogP) is 4.19. The van der Waals surface area contributed by atoms with E-state index >= 15 is 0 Å². The topological polar surface area (TPSA) is 79.0 Å². The monoisotopic (exact) mass is 505 g/mol. The maximum atomic E-state index is 13.5. The van der Waals surface area contributed by atoms with Crippen LogP contribution in [0, 0.1) is 5.82 Å². The Hall–Kier alpha value is -2.65. The summed E-state index contributed by atoms with van der Waals surface area (Å²) in [5.41, 5.74) is 0.217. The van der Waals surface area contributed by atoms with Crippen LogP contribution in [0.1, 0.15) is 46.0 Å². The van der Waals surface area contributed by atoms with Crippen molar-refractivity contribution in [1.82, 2.24) is 10.2 Å². The highest BCUT2D eigenvalue weighted by molar-refractivity contribution is 7.92. The first-order valence-corrected chi connectivity index (χ1v) is 13.8.